The molecule has 4 rings (SSSR count). The van der Waals surface area contributed by atoms with Crippen molar-refractivity contribution < 1.29 is 45.7 Å². The molecule has 1 spiro atoms. The van der Waals surface area contributed by atoms with Crippen LogP contribution in [0.2, 0.25) is 0 Å². The second-order valence-electron chi connectivity index (χ2n) is 6.95. The van der Waals surface area contributed by atoms with Crippen molar-refractivity contribution >= 4 is 5.71 Å². The first-order valence-electron chi connectivity index (χ1n) is 9.17. The predicted octanol–water partition coefficient (Wildman–Crippen LogP) is 5.26. The summed E-state index contributed by atoms with van der Waals surface area (Å²) < 4.78 is 81.7. The second kappa shape index (κ2) is 8.22. The summed E-state index contributed by atoms with van der Waals surface area (Å²) in [5.41, 5.74) is 0.633. The molecule has 2 aliphatic rings. The van der Waals surface area contributed by atoms with Crippen LogP contribution in [0.5, 0.6) is 23.0 Å². The molecule has 2 aromatic carbocycles. The van der Waals surface area contributed by atoms with Crippen molar-refractivity contribution in [3.8, 4) is 23.0 Å². The molecule has 0 radical (unpaired) electrons. The summed E-state index contributed by atoms with van der Waals surface area (Å²) in [6.45, 7) is -2.13. The van der Waals surface area contributed by atoms with Gasteiger partial charge in [-0.25, -0.2) is 0 Å². The topological polar surface area (TPSA) is 58.5 Å². The zero-order chi connectivity index (χ0) is 22.1. The zero-order valence-electron chi connectivity index (χ0n) is 15.8. The second-order valence-corrected chi connectivity index (χ2v) is 6.95. The molecule has 0 N–H and O–H groups in total. The van der Waals surface area contributed by atoms with Crippen LogP contribution in [0.4, 0.5) is 22.0 Å². The van der Waals surface area contributed by atoms with E-state index in [2.05, 4.69) is 14.6 Å². The lowest BCUT2D eigenvalue weighted by atomic mass is 9.93. The number of halogens is 5. The number of ether oxygens (including phenoxy) is 4. The predicted molar refractivity (Wildman–Crippen MR) is 96.7 cm³/mol. The molecule has 1 saturated heterocycles. The first-order chi connectivity index (χ1) is 14.7. The number of rotatable bonds is 6. The molecule has 31 heavy (non-hydrogen) atoms. The Labute approximate surface area is 173 Å². The maximum absolute atomic E-state index is 12.8. The molecule has 2 aromatic rings. The van der Waals surface area contributed by atoms with Gasteiger partial charge < -0.3 is 23.8 Å². The number of alkyl halides is 5. The van der Waals surface area contributed by atoms with Crippen LogP contribution in [0.3, 0.4) is 0 Å². The molecular weight excluding hydrogens is 429 g/mol. The van der Waals surface area contributed by atoms with Gasteiger partial charge in [0.05, 0.1) is 18.9 Å². The highest BCUT2D eigenvalue weighted by atomic mass is 19.4. The molecule has 1 fully saturated rings. The minimum Gasteiger partial charge on any atom is -0.453 e. The molecule has 166 valence electrons. The normalized spacial score (nSPS) is 20.6. The summed E-state index contributed by atoms with van der Waals surface area (Å²) in [5.74, 6) is -0.656. The van der Waals surface area contributed by atoms with Gasteiger partial charge in [-0.15, -0.1) is 13.2 Å². The van der Waals surface area contributed by atoms with Gasteiger partial charge in [-0.3, -0.25) is 0 Å². The Bertz CT molecular complexity index is 955. The maximum Gasteiger partial charge on any atom is 0.573 e. The molecule has 6 nitrogen and oxygen atoms in total. The molecule has 1 atom stereocenters. The molecule has 0 bridgehead atoms. The van der Waals surface area contributed by atoms with E-state index in [9.17, 15) is 22.0 Å². The quantitative estimate of drug-likeness (QED) is 0.568. The summed E-state index contributed by atoms with van der Waals surface area (Å²) in [4.78, 5) is 5.54. The average molecular weight is 445 g/mol. The Balaban J connectivity index is 1.55. The highest BCUT2D eigenvalue weighted by Crippen LogP contribution is 2.38. The minimum absolute atomic E-state index is 0.0615. The largest absolute Gasteiger partial charge is 0.573 e. The van der Waals surface area contributed by atoms with E-state index in [0.717, 1.165) is 12.1 Å². The third-order valence-electron chi connectivity index (χ3n) is 4.68. The number of hydrogen-bond acceptors (Lipinski definition) is 6. The maximum atomic E-state index is 12.8. The van der Waals surface area contributed by atoms with Gasteiger partial charge in [-0.05, 0) is 42.5 Å². The van der Waals surface area contributed by atoms with Gasteiger partial charge in [0, 0.05) is 18.4 Å². The molecule has 0 aromatic heterocycles. The minimum atomic E-state index is -4.83. The van der Waals surface area contributed by atoms with Gasteiger partial charge in [0.2, 0.25) is 0 Å². The average Bonchev–Trinajstić information content (AvgIpc) is 3.33. The van der Waals surface area contributed by atoms with E-state index in [0.29, 0.717) is 37.3 Å². The van der Waals surface area contributed by atoms with Crippen molar-refractivity contribution in [3.63, 3.8) is 0 Å². The smallest absolute Gasteiger partial charge is 0.453 e. The highest BCUT2D eigenvalue weighted by molar-refractivity contribution is 6.02. The van der Waals surface area contributed by atoms with Crippen molar-refractivity contribution in [2.45, 2.75) is 31.4 Å². The molecule has 0 saturated carbocycles. The first kappa shape index (κ1) is 21.2. The third-order valence-corrected chi connectivity index (χ3v) is 4.68. The van der Waals surface area contributed by atoms with Crippen molar-refractivity contribution in [1.29, 1.82) is 0 Å². The van der Waals surface area contributed by atoms with Crippen molar-refractivity contribution in [2.75, 3.05) is 13.2 Å². The van der Waals surface area contributed by atoms with E-state index in [4.69, 9.17) is 14.3 Å². The van der Waals surface area contributed by atoms with Crippen molar-refractivity contribution in [3.05, 3.63) is 48.0 Å². The summed E-state index contributed by atoms with van der Waals surface area (Å²) in [6, 6.07) is 8.80. The molecule has 1 unspecified atom stereocenters. The van der Waals surface area contributed by atoms with Crippen LogP contribution in [-0.4, -0.2) is 37.5 Å². The van der Waals surface area contributed by atoms with Crippen molar-refractivity contribution in [2.24, 2.45) is 5.16 Å². The van der Waals surface area contributed by atoms with Gasteiger partial charge in [-0.1, -0.05) is 5.16 Å². The SMILES string of the molecule is FC(F)Oc1ccc(C2=NOC3(CCOC3)C2)cc1Oc1ccc(OC(F)(F)F)cc1. The van der Waals surface area contributed by atoms with Gasteiger partial charge in [0.1, 0.15) is 11.5 Å². The molecule has 11 heteroatoms. The summed E-state index contributed by atoms with van der Waals surface area (Å²) >= 11 is 0. The third kappa shape index (κ3) is 5.16. The fourth-order valence-corrected chi connectivity index (χ4v) is 3.27. The standard InChI is InChI=1S/C20H16F5NO5/c21-18(22)29-16-6-1-12(15-10-19(31-26-15)7-8-27-11-19)9-17(16)28-13-2-4-14(5-3-13)30-20(23,24)25/h1-6,9,18H,7-8,10-11H2. The number of oxime groups is 1. The Morgan fingerprint density at radius 2 is 1.74 bits per heavy atom. The monoisotopic (exact) mass is 445 g/mol. The summed E-state index contributed by atoms with van der Waals surface area (Å²) in [6.07, 6.45) is -3.67. The van der Waals surface area contributed by atoms with Gasteiger partial charge in [-0.2, -0.15) is 8.78 Å². The van der Waals surface area contributed by atoms with Crippen LogP contribution in [0, 0.1) is 0 Å². The number of hydrogen-bond donors (Lipinski definition) is 0. The van der Waals surface area contributed by atoms with E-state index in [1.54, 1.807) is 6.07 Å². The van der Waals surface area contributed by atoms with Crippen molar-refractivity contribution in [1.82, 2.24) is 0 Å². The Kier molecular flexibility index (Phi) is 5.61. The van der Waals surface area contributed by atoms with Crippen LogP contribution in [0.25, 0.3) is 0 Å². The van der Waals surface area contributed by atoms with Crippen LogP contribution in [0.15, 0.2) is 47.6 Å². The molecular formula is C20H16F5NO5. The lowest BCUT2D eigenvalue weighted by Crippen LogP contribution is -2.29. The molecule has 0 amide bonds. The Morgan fingerprint density at radius 1 is 1.00 bits per heavy atom. The fourth-order valence-electron chi connectivity index (χ4n) is 3.27. The highest BCUT2D eigenvalue weighted by Gasteiger charge is 2.43. The van der Waals surface area contributed by atoms with Gasteiger partial charge in [0.15, 0.2) is 17.1 Å². The number of benzene rings is 2. The van der Waals surface area contributed by atoms with Gasteiger partial charge >= 0.3 is 13.0 Å². The zero-order valence-corrected chi connectivity index (χ0v) is 15.8. The summed E-state index contributed by atoms with van der Waals surface area (Å²) in [5, 5.41) is 4.09. The first-order valence-corrected chi connectivity index (χ1v) is 9.17. The van der Waals surface area contributed by atoms with E-state index in [-0.39, 0.29) is 17.2 Å². The van der Waals surface area contributed by atoms with E-state index < -0.39 is 24.3 Å². The number of nitrogens with zero attached hydrogens (tertiary/aromatic N) is 1. The lowest BCUT2D eigenvalue weighted by molar-refractivity contribution is -0.274. The fraction of sp³-hybridized carbons (Fsp3) is 0.350. The molecule has 0 aliphatic carbocycles. The van der Waals surface area contributed by atoms with E-state index >= 15 is 0 Å². The lowest BCUT2D eigenvalue weighted by Gasteiger charge is -2.17. The van der Waals surface area contributed by atoms with Crippen LogP contribution in [-0.2, 0) is 9.57 Å². The van der Waals surface area contributed by atoms with Crippen LogP contribution in [0.1, 0.15) is 18.4 Å². The van der Waals surface area contributed by atoms with Crippen LogP contribution >= 0.6 is 0 Å². The Morgan fingerprint density at radius 3 is 2.39 bits per heavy atom. The summed E-state index contributed by atoms with van der Waals surface area (Å²) in [7, 11) is 0. The molecule has 2 aliphatic heterocycles. The van der Waals surface area contributed by atoms with Crippen LogP contribution < -0.4 is 14.2 Å². The van der Waals surface area contributed by atoms with E-state index in [1.165, 1.54) is 24.3 Å². The van der Waals surface area contributed by atoms with E-state index in [1.807, 2.05) is 0 Å². The molecule has 2 heterocycles. The Hall–Kier alpha value is -3.08. The van der Waals surface area contributed by atoms with Gasteiger partial charge in [0.25, 0.3) is 0 Å².